The number of thiazole rings is 1. The average molecular weight is 358 g/mol. The maximum atomic E-state index is 11.8. The van der Waals surface area contributed by atoms with E-state index in [0.29, 0.717) is 0 Å². The number of esters is 1. The molecule has 0 spiro atoms. The van der Waals surface area contributed by atoms with Crippen LogP contribution in [0.2, 0.25) is 0 Å². The number of halogens is 1. The zero-order chi connectivity index (χ0) is 13.8. The van der Waals surface area contributed by atoms with Gasteiger partial charge in [-0.3, -0.25) is 4.79 Å². The van der Waals surface area contributed by atoms with Crippen molar-refractivity contribution >= 4 is 48.6 Å². The Labute approximate surface area is 117 Å². The highest BCUT2D eigenvalue weighted by Crippen LogP contribution is 2.24. The number of ether oxygens (including phenoxy) is 1. The lowest BCUT2D eigenvalue weighted by molar-refractivity contribution is -0.140. The van der Waals surface area contributed by atoms with Crippen molar-refractivity contribution < 1.29 is 17.9 Å². The van der Waals surface area contributed by atoms with E-state index in [0.717, 1.165) is 19.4 Å². The van der Waals surface area contributed by atoms with E-state index in [1.807, 2.05) is 0 Å². The lowest BCUT2D eigenvalue weighted by Crippen LogP contribution is -2.34. The summed E-state index contributed by atoms with van der Waals surface area (Å²) in [5.41, 5.74) is 0. The molecular formula is C8H12BrN3O4S2. The van der Waals surface area contributed by atoms with E-state index in [2.05, 4.69) is 30.4 Å². The van der Waals surface area contributed by atoms with Gasteiger partial charge in [-0.1, -0.05) is 11.3 Å². The number of nitrogens with one attached hydrogen (secondary N) is 1. The molecule has 0 unspecified atom stereocenters. The molecule has 1 N–H and O–H groups in total. The van der Waals surface area contributed by atoms with E-state index in [1.54, 1.807) is 0 Å². The van der Waals surface area contributed by atoms with Crippen LogP contribution in [0.3, 0.4) is 0 Å². The molecule has 1 aromatic heterocycles. The normalized spacial score (nSPS) is 11.6. The van der Waals surface area contributed by atoms with Crippen molar-refractivity contribution in [3.8, 4) is 0 Å². The number of nitrogens with zero attached hydrogens (tertiary/aromatic N) is 2. The van der Waals surface area contributed by atoms with Gasteiger partial charge in [0.2, 0.25) is 0 Å². The standard InChI is InChI=1S/C8H12BrN3O4S2/c1-12(4-3-7(13)16-2)18(14,15)11-8-10-5-6(9)17-8/h5H,3-4H2,1-2H3,(H,10,11). The van der Waals surface area contributed by atoms with Crippen molar-refractivity contribution in [2.24, 2.45) is 0 Å². The molecule has 0 amide bonds. The van der Waals surface area contributed by atoms with Crippen LogP contribution in [-0.4, -0.2) is 44.4 Å². The highest BCUT2D eigenvalue weighted by atomic mass is 79.9. The summed E-state index contributed by atoms with van der Waals surface area (Å²) in [4.78, 5) is 14.8. The second-order valence-corrected chi connectivity index (χ2v) is 7.41. The molecule has 0 atom stereocenters. The SMILES string of the molecule is COC(=O)CCN(C)S(=O)(=O)Nc1ncc(Br)s1. The maximum absolute atomic E-state index is 11.8. The van der Waals surface area contributed by atoms with Gasteiger partial charge in [-0.15, -0.1) is 0 Å². The Morgan fingerprint density at radius 2 is 2.33 bits per heavy atom. The molecule has 0 aliphatic carbocycles. The van der Waals surface area contributed by atoms with E-state index in [9.17, 15) is 13.2 Å². The van der Waals surface area contributed by atoms with E-state index in [4.69, 9.17) is 0 Å². The summed E-state index contributed by atoms with van der Waals surface area (Å²) in [5.74, 6) is -0.464. The third-order valence-corrected chi connectivity index (χ3v) is 4.94. The Morgan fingerprint density at radius 3 is 2.83 bits per heavy atom. The molecule has 0 fully saturated rings. The van der Waals surface area contributed by atoms with E-state index < -0.39 is 16.2 Å². The molecule has 0 aliphatic rings. The van der Waals surface area contributed by atoms with E-state index >= 15 is 0 Å². The van der Waals surface area contributed by atoms with E-state index in [1.165, 1.54) is 20.4 Å². The Kier molecular flexibility index (Phi) is 5.50. The second-order valence-electron chi connectivity index (χ2n) is 3.22. The summed E-state index contributed by atoms with van der Waals surface area (Å²) in [6, 6.07) is 0. The first-order chi connectivity index (χ1) is 8.35. The van der Waals surface area contributed by atoms with Gasteiger partial charge in [0.25, 0.3) is 0 Å². The molecule has 0 saturated heterocycles. The third-order valence-electron chi connectivity index (χ3n) is 1.96. The van der Waals surface area contributed by atoms with Gasteiger partial charge in [0.15, 0.2) is 5.13 Å². The molecule has 10 heteroatoms. The number of rotatable bonds is 6. The smallest absolute Gasteiger partial charge is 0.306 e. The minimum absolute atomic E-state index is 0.00449. The highest BCUT2D eigenvalue weighted by Gasteiger charge is 2.19. The fourth-order valence-corrected chi connectivity index (χ4v) is 3.16. The third kappa shape index (κ3) is 4.52. The summed E-state index contributed by atoms with van der Waals surface area (Å²) < 4.78 is 32.1. The van der Waals surface area contributed by atoms with Gasteiger partial charge in [0.1, 0.15) is 0 Å². The van der Waals surface area contributed by atoms with Crippen LogP contribution in [0.4, 0.5) is 5.13 Å². The van der Waals surface area contributed by atoms with Crippen LogP contribution >= 0.6 is 27.3 Å². The van der Waals surface area contributed by atoms with Crippen LogP contribution in [0.1, 0.15) is 6.42 Å². The number of anilines is 1. The van der Waals surface area contributed by atoms with Crippen LogP contribution in [0, 0.1) is 0 Å². The molecule has 7 nitrogen and oxygen atoms in total. The lowest BCUT2D eigenvalue weighted by atomic mass is 10.4. The first-order valence-electron chi connectivity index (χ1n) is 4.77. The molecule has 1 aromatic rings. The Hall–Kier alpha value is -0.710. The Morgan fingerprint density at radius 1 is 1.67 bits per heavy atom. The van der Waals surface area contributed by atoms with Gasteiger partial charge in [0.05, 0.1) is 23.5 Å². The van der Waals surface area contributed by atoms with Gasteiger partial charge in [-0.2, -0.15) is 12.7 Å². The zero-order valence-corrected chi connectivity index (χ0v) is 12.9. The van der Waals surface area contributed by atoms with Crippen molar-refractivity contribution in [1.82, 2.24) is 9.29 Å². The predicted molar refractivity (Wildman–Crippen MR) is 71.6 cm³/mol. The molecule has 0 aromatic carbocycles. The van der Waals surface area contributed by atoms with Crippen molar-refractivity contribution in [3.63, 3.8) is 0 Å². The number of methoxy groups -OCH3 is 1. The fraction of sp³-hybridized carbons (Fsp3) is 0.500. The van der Waals surface area contributed by atoms with Gasteiger partial charge in [-0.25, -0.2) is 9.71 Å². The van der Waals surface area contributed by atoms with E-state index in [-0.39, 0.29) is 18.1 Å². The molecule has 0 saturated carbocycles. The number of carbonyl (C=O) groups is 1. The number of aromatic nitrogens is 1. The molecule has 18 heavy (non-hydrogen) atoms. The average Bonchev–Trinajstić information content (AvgIpc) is 2.70. The van der Waals surface area contributed by atoms with Gasteiger partial charge in [0, 0.05) is 13.6 Å². The van der Waals surface area contributed by atoms with Crippen LogP contribution in [0.5, 0.6) is 0 Å². The molecule has 102 valence electrons. The minimum atomic E-state index is -3.70. The van der Waals surface area contributed by atoms with Crippen LogP contribution in [0.25, 0.3) is 0 Å². The fourth-order valence-electron chi connectivity index (χ4n) is 0.961. The number of hydrogen-bond acceptors (Lipinski definition) is 6. The molecular weight excluding hydrogens is 346 g/mol. The Bertz CT molecular complexity index is 516. The van der Waals surface area contributed by atoms with Crippen molar-refractivity contribution in [1.29, 1.82) is 0 Å². The highest BCUT2D eigenvalue weighted by molar-refractivity contribution is 9.11. The predicted octanol–water partition coefficient (Wildman–Crippen LogP) is 1.06. The maximum Gasteiger partial charge on any atom is 0.306 e. The topological polar surface area (TPSA) is 88.6 Å². The van der Waals surface area contributed by atoms with Crippen LogP contribution in [0.15, 0.2) is 9.98 Å². The van der Waals surface area contributed by atoms with Crippen molar-refractivity contribution in [3.05, 3.63) is 9.98 Å². The van der Waals surface area contributed by atoms with Crippen LogP contribution in [-0.2, 0) is 19.7 Å². The lowest BCUT2D eigenvalue weighted by Gasteiger charge is -2.16. The zero-order valence-electron chi connectivity index (χ0n) is 9.71. The first-order valence-corrected chi connectivity index (χ1v) is 7.82. The van der Waals surface area contributed by atoms with Gasteiger partial charge < -0.3 is 4.74 Å². The molecule has 1 rings (SSSR count). The summed E-state index contributed by atoms with van der Waals surface area (Å²) >= 11 is 4.34. The summed E-state index contributed by atoms with van der Waals surface area (Å²) in [6.45, 7) is 0.0363. The summed E-state index contributed by atoms with van der Waals surface area (Å²) in [6.07, 6.45) is 1.49. The molecule has 1 heterocycles. The van der Waals surface area contributed by atoms with Gasteiger partial charge >= 0.3 is 16.2 Å². The van der Waals surface area contributed by atoms with Gasteiger partial charge in [-0.05, 0) is 15.9 Å². The first kappa shape index (κ1) is 15.3. The molecule has 0 aliphatic heterocycles. The van der Waals surface area contributed by atoms with Crippen molar-refractivity contribution in [2.75, 3.05) is 25.4 Å². The number of carbonyl (C=O) groups excluding carboxylic acids is 1. The number of hydrogen-bond donors (Lipinski definition) is 1. The Balaban J connectivity index is 2.60. The van der Waals surface area contributed by atoms with Crippen LogP contribution < -0.4 is 4.72 Å². The second kappa shape index (κ2) is 6.45. The monoisotopic (exact) mass is 357 g/mol. The molecule has 0 bridgehead atoms. The summed E-state index contributed by atoms with van der Waals surface area (Å²) in [5, 5.41) is 0.256. The quantitative estimate of drug-likeness (QED) is 0.768. The largest absolute Gasteiger partial charge is 0.469 e. The minimum Gasteiger partial charge on any atom is -0.469 e. The summed E-state index contributed by atoms with van der Waals surface area (Å²) in [7, 11) is -1.08. The molecule has 0 radical (unpaired) electrons. The van der Waals surface area contributed by atoms with Crippen molar-refractivity contribution in [2.45, 2.75) is 6.42 Å².